The van der Waals surface area contributed by atoms with E-state index < -0.39 is 0 Å². The van der Waals surface area contributed by atoms with Crippen LogP contribution in [0, 0.1) is 0 Å². The Morgan fingerprint density at radius 1 is 1.09 bits per heavy atom. The first-order valence-corrected chi connectivity index (χ1v) is 11.3. The van der Waals surface area contributed by atoms with Crippen molar-refractivity contribution in [3.63, 3.8) is 0 Å². The molecule has 1 saturated heterocycles. The molecule has 10 heteroatoms. The Bertz CT molecular complexity index is 1020. The number of ether oxygens (including phenoxy) is 1. The maximum Gasteiger partial charge on any atom is 0.220 e. The fraction of sp³-hybridized carbons (Fsp3) is 0.545. The van der Waals surface area contributed by atoms with Crippen LogP contribution in [0.25, 0.3) is 5.65 Å². The SMILES string of the molecule is CCN(CC)c1ccc2nnc(CCC(=O)NCc3ccc(CN4CCOCC4)o3)n2n1. The fourth-order valence-electron chi connectivity index (χ4n) is 3.78. The van der Waals surface area contributed by atoms with Crippen LogP contribution in [0.15, 0.2) is 28.7 Å². The van der Waals surface area contributed by atoms with E-state index in [2.05, 4.69) is 44.3 Å². The highest BCUT2D eigenvalue weighted by Crippen LogP contribution is 2.14. The van der Waals surface area contributed by atoms with Crippen LogP contribution in [0.2, 0.25) is 0 Å². The highest BCUT2D eigenvalue weighted by atomic mass is 16.5. The second-order valence-electron chi connectivity index (χ2n) is 7.78. The lowest BCUT2D eigenvalue weighted by molar-refractivity contribution is -0.121. The number of rotatable bonds is 10. The number of nitrogens with zero attached hydrogens (tertiary/aromatic N) is 6. The first-order valence-electron chi connectivity index (χ1n) is 11.3. The van der Waals surface area contributed by atoms with Crippen LogP contribution in [0.5, 0.6) is 0 Å². The Balaban J connectivity index is 1.28. The molecule has 1 aliphatic heterocycles. The Labute approximate surface area is 187 Å². The molecule has 0 saturated carbocycles. The van der Waals surface area contributed by atoms with E-state index in [1.54, 1.807) is 4.52 Å². The molecule has 0 aliphatic carbocycles. The molecule has 1 N–H and O–H groups in total. The molecule has 10 nitrogen and oxygen atoms in total. The quantitative estimate of drug-likeness (QED) is 0.507. The third kappa shape index (κ3) is 5.43. The van der Waals surface area contributed by atoms with Crippen LogP contribution in [0.1, 0.15) is 37.6 Å². The molecule has 0 spiro atoms. The number of fused-ring (bicyclic) bond motifs is 1. The predicted octanol–water partition coefficient (Wildman–Crippen LogP) is 1.64. The molecule has 0 bridgehead atoms. The normalized spacial score (nSPS) is 14.7. The van der Waals surface area contributed by atoms with Gasteiger partial charge in [-0.2, -0.15) is 4.52 Å². The summed E-state index contributed by atoms with van der Waals surface area (Å²) in [4.78, 5) is 16.8. The van der Waals surface area contributed by atoms with Gasteiger partial charge in [-0.3, -0.25) is 9.69 Å². The molecule has 0 atom stereocenters. The van der Waals surface area contributed by atoms with Crippen molar-refractivity contribution in [3.8, 4) is 0 Å². The molecule has 172 valence electrons. The van der Waals surface area contributed by atoms with E-state index in [1.165, 1.54) is 0 Å². The van der Waals surface area contributed by atoms with Crippen LogP contribution in [0.3, 0.4) is 0 Å². The predicted molar refractivity (Wildman–Crippen MR) is 119 cm³/mol. The zero-order chi connectivity index (χ0) is 22.3. The van der Waals surface area contributed by atoms with Gasteiger partial charge in [0.1, 0.15) is 17.3 Å². The summed E-state index contributed by atoms with van der Waals surface area (Å²) in [6, 6.07) is 7.74. The standard InChI is InChI=1S/C22H31N7O3/c1-3-28(4-2)21-8-7-19-24-25-20(29(19)26-21)9-10-22(30)23-15-17-5-6-18(32-17)16-27-11-13-31-14-12-27/h5-8H,3-4,9-16H2,1-2H3,(H,23,30). The number of furan rings is 1. The van der Waals surface area contributed by atoms with Gasteiger partial charge in [-0.05, 0) is 38.1 Å². The van der Waals surface area contributed by atoms with Crippen molar-refractivity contribution in [2.45, 2.75) is 39.8 Å². The molecule has 0 aromatic carbocycles. The van der Waals surface area contributed by atoms with Gasteiger partial charge in [-0.25, -0.2) is 0 Å². The smallest absolute Gasteiger partial charge is 0.220 e. The summed E-state index contributed by atoms with van der Waals surface area (Å²) < 4.78 is 13.0. The van der Waals surface area contributed by atoms with Crippen LogP contribution < -0.4 is 10.2 Å². The van der Waals surface area contributed by atoms with E-state index in [4.69, 9.17) is 9.15 Å². The molecule has 4 heterocycles. The van der Waals surface area contributed by atoms with Crippen molar-refractivity contribution in [2.75, 3.05) is 44.3 Å². The number of carbonyl (C=O) groups is 1. The largest absolute Gasteiger partial charge is 0.463 e. The molecule has 3 aromatic rings. The van der Waals surface area contributed by atoms with Gasteiger partial charge in [-0.1, -0.05) is 0 Å². The van der Waals surface area contributed by atoms with Crippen molar-refractivity contribution in [1.82, 2.24) is 30.0 Å². The van der Waals surface area contributed by atoms with Gasteiger partial charge in [0.05, 0.1) is 26.3 Å². The number of amides is 1. The highest BCUT2D eigenvalue weighted by molar-refractivity contribution is 5.76. The second kappa shape index (κ2) is 10.6. The van der Waals surface area contributed by atoms with Gasteiger partial charge in [0.15, 0.2) is 11.5 Å². The minimum atomic E-state index is -0.0622. The van der Waals surface area contributed by atoms with Crippen LogP contribution in [0.4, 0.5) is 5.82 Å². The molecule has 0 unspecified atom stereocenters. The number of nitrogens with one attached hydrogen (secondary N) is 1. The Morgan fingerprint density at radius 3 is 2.66 bits per heavy atom. The van der Waals surface area contributed by atoms with Crippen molar-refractivity contribution >= 4 is 17.4 Å². The Hall–Kier alpha value is -2.98. The van der Waals surface area contributed by atoms with Gasteiger partial charge in [0.25, 0.3) is 0 Å². The summed E-state index contributed by atoms with van der Waals surface area (Å²) in [7, 11) is 0. The number of aromatic nitrogens is 4. The summed E-state index contributed by atoms with van der Waals surface area (Å²) in [6.45, 7) is 10.4. The zero-order valence-electron chi connectivity index (χ0n) is 18.8. The maximum atomic E-state index is 12.4. The summed E-state index contributed by atoms with van der Waals surface area (Å²) in [5, 5.41) is 16.0. The molecular weight excluding hydrogens is 410 g/mol. The third-order valence-electron chi connectivity index (χ3n) is 5.64. The number of hydrogen-bond acceptors (Lipinski definition) is 8. The summed E-state index contributed by atoms with van der Waals surface area (Å²) in [5.74, 6) is 3.14. The van der Waals surface area contributed by atoms with Gasteiger partial charge in [-0.15, -0.1) is 15.3 Å². The average molecular weight is 442 g/mol. The molecule has 0 radical (unpaired) electrons. The van der Waals surface area contributed by atoms with Crippen LogP contribution >= 0.6 is 0 Å². The Morgan fingerprint density at radius 2 is 1.88 bits per heavy atom. The lowest BCUT2D eigenvalue weighted by atomic mass is 10.3. The third-order valence-corrected chi connectivity index (χ3v) is 5.64. The lowest BCUT2D eigenvalue weighted by Gasteiger charge is -2.25. The summed E-state index contributed by atoms with van der Waals surface area (Å²) in [6.07, 6.45) is 0.765. The van der Waals surface area contributed by atoms with E-state index in [-0.39, 0.29) is 5.91 Å². The molecule has 1 aliphatic rings. The van der Waals surface area contributed by atoms with Crippen molar-refractivity contribution < 1.29 is 13.9 Å². The lowest BCUT2D eigenvalue weighted by Crippen LogP contribution is -2.35. The number of morpholine rings is 1. The number of hydrogen-bond donors (Lipinski definition) is 1. The first kappa shape index (κ1) is 22.2. The fourth-order valence-corrected chi connectivity index (χ4v) is 3.78. The number of aryl methyl sites for hydroxylation is 1. The number of carbonyl (C=O) groups excluding carboxylic acids is 1. The highest BCUT2D eigenvalue weighted by Gasteiger charge is 2.14. The van der Waals surface area contributed by atoms with Gasteiger partial charge in [0, 0.05) is 39.0 Å². The van der Waals surface area contributed by atoms with Crippen molar-refractivity contribution in [3.05, 3.63) is 41.6 Å². The maximum absolute atomic E-state index is 12.4. The van der Waals surface area contributed by atoms with Gasteiger partial charge < -0.3 is 19.4 Å². The number of anilines is 1. The van der Waals surface area contributed by atoms with E-state index in [0.717, 1.165) is 63.3 Å². The van der Waals surface area contributed by atoms with Gasteiger partial charge in [0.2, 0.25) is 5.91 Å². The Kier molecular flexibility index (Phi) is 7.33. The summed E-state index contributed by atoms with van der Waals surface area (Å²) in [5.41, 5.74) is 0.680. The topological polar surface area (TPSA) is 101 Å². The molecule has 3 aromatic heterocycles. The monoisotopic (exact) mass is 441 g/mol. The average Bonchev–Trinajstić information content (AvgIpc) is 3.44. The summed E-state index contributed by atoms with van der Waals surface area (Å²) >= 11 is 0. The zero-order valence-corrected chi connectivity index (χ0v) is 18.8. The van der Waals surface area contributed by atoms with Crippen molar-refractivity contribution in [1.29, 1.82) is 0 Å². The molecule has 32 heavy (non-hydrogen) atoms. The molecule has 1 amide bonds. The minimum absolute atomic E-state index is 0.0622. The van der Waals surface area contributed by atoms with E-state index in [9.17, 15) is 4.79 Å². The van der Waals surface area contributed by atoms with Crippen LogP contribution in [-0.4, -0.2) is 70.0 Å². The minimum Gasteiger partial charge on any atom is -0.463 e. The van der Waals surface area contributed by atoms with Gasteiger partial charge >= 0.3 is 0 Å². The first-order chi connectivity index (χ1) is 15.7. The second-order valence-corrected chi connectivity index (χ2v) is 7.78. The van der Waals surface area contributed by atoms with Crippen molar-refractivity contribution in [2.24, 2.45) is 0 Å². The molecule has 1 fully saturated rings. The molecule has 4 rings (SSSR count). The van der Waals surface area contributed by atoms with E-state index in [0.29, 0.717) is 30.9 Å². The van der Waals surface area contributed by atoms with Crippen LogP contribution in [-0.2, 0) is 29.0 Å². The van der Waals surface area contributed by atoms with E-state index in [1.807, 2.05) is 24.3 Å². The molecular formula is C22H31N7O3. The van der Waals surface area contributed by atoms with E-state index >= 15 is 0 Å².